The molecular weight excluding hydrogens is 270 g/mol. The minimum atomic E-state index is -0.293. The second-order valence-corrected chi connectivity index (χ2v) is 5.46. The molecule has 0 aliphatic heterocycles. The summed E-state index contributed by atoms with van der Waals surface area (Å²) in [5.41, 5.74) is 16.4. The molecule has 22 heavy (non-hydrogen) atoms. The van der Waals surface area contributed by atoms with Gasteiger partial charge < -0.3 is 21.1 Å². The molecule has 0 saturated heterocycles. The summed E-state index contributed by atoms with van der Waals surface area (Å²) in [6, 6.07) is 14.9. The summed E-state index contributed by atoms with van der Waals surface area (Å²) in [7, 11) is 15.0. The van der Waals surface area contributed by atoms with Gasteiger partial charge in [0.15, 0.2) is 0 Å². The zero-order valence-corrected chi connectivity index (χ0v) is 13.0. The van der Waals surface area contributed by atoms with Gasteiger partial charge in [0, 0.05) is 23.5 Å². The zero-order valence-electron chi connectivity index (χ0n) is 13.0. The summed E-state index contributed by atoms with van der Waals surface area (Å²) in [4.78, 5) is 3.11. The summed E-state index contributed by atoms with van der Waals surface area (Å²) < 4.78 is 0. The molecule has 4 radical (unpaired) electrons. The van der Waals surface area contributed by atoms with Gasteiger partial charge in [-0.15, -0.1) is 0 Å². The molecule has 2 aromatic carbocycles. The van der Waals surface area contributed by atoms with Gasteiger partial charge >= 0.3 is 0 Å². The van der Waals surface area contributed by atoms with Crippen molar-refractivity contribution in [2.75, 3.05) is 23.7 Å². The van der Waals surface area contributed by atoms with Crippen molar-refractivity contribution in [2.45, 2.75) is 12.1 Å². The molecule has 0 aliphatic rings. The topological polar surface area (TPSA) is 58.5 Å². The van der Waals surface area contributed by atoms with Crippen molar-refractivity contribution in [1.29, 1.82) is 0 Å². The fraction of sp³-hybridized carbons (Fsp3) is 0.250. The van der Waals surface area contributed by atoms with E-state index in [0.717, 1.165) is 22.5 Å². The Kier molecular flexibility index (Phi) is 5.16. The van der Waals surface area contributed by atoms with Crippen molar-refractivity contribution in [3.05, 3.63) is 59.7 Å². The van der Waals surface area contributed by atoms with Gasteiger partial charge in [-0.25, -0.2) is 0 Å². The van der Waals surface area contributed by atoms with Gasteiger partial charge in [0.2, 0.25) is 16.0 Å². The Morgan fingerprint density at radius 1 is 0.682 bits per heavy atom. The molecule has 2 unspecified atom stereocenters. The molecule has 2 atom stereocenters. The number of nitrogens with two attached hydrogens (primary N) is 2. The molecule has 0 spiro atoms. The molecule has 0 aromatic heterocycles. The second-order valence-electron chi connectivity index (χ2n) is 5.46. The van der Waals surface area contributed by atoms with Gasteiger partial charge in [0.1, 0.15) is 0 Å². The Hall–Kier alpha value is -1.91. The van der Waals surface area contributed by atoms with Gasteiger partial charge in [-0.3, -0.25) is 0 Å². The molecule has 0 amide bonds. The highest BCUT2D eigenvalue weighted by Gasteiger charge is 2.17. The second kappa shape index (κ2) is 6.90. The fourth-order valence-corrected chi connectivity index (χ4v) is 2.28. The lowest BCUT2D eigenvalue weighted by atomic mass is 9.94. The summed E-state index contributed by atoms with van der Waals surface area (Å²) in [6.45, 7) is 0. The van der Waals surface area contributed by atoms with Crippen molar-refractivity contribution >= 4 is 27.3 Å². The van der Waals surface area contributed by atoms with E-state index >= 15 is 0 Å². The SMILES string of the molecule is [B]N(C)c1ccc(C(N)C(N)c2ccc(N([B])C)cc2)cc1. The van der Waals surface area contributed by atoms with Crippen LogP contribution in [-0.4, -0.2) is 30.1 Å². The van der Waals surface area contributed by atoms with Crippen LogP contribution in [0.5, 0.6) is 0 Å². The number of hydrogen-bond donors (Lipinski definition) is 2. The van der Waals surface area contributed by atoms with Crippen molar-refractivity contribution in [3.8, 4) is 0 Å². The summed E-state index contributed by atoms with van der Waals surface area (Å²) in [6.07, 6.45) is 0. The number of anilines is 2. The molecule has 6 heteroatoms. The molecule has 2 aromatic rings. The van der Waals surface area contributed by atoms with Gasteiger partial charge in [-0.2, -0.15) is 0 Å². The molecule has 4 N–H and O–H groups in total. The largest absolute Gasteiger partial charge is 0.427 e. The monoisotopic (exact) mass is 290 g/mol. The molecule has 0 aliphatic carbocycles. The highest BCUT2D eigenvalue weighted by atomic mass is 15.0. The van der Waals surface area contributed by atoms with Crippen LogP contribution in [0.25, 0.3) is 0 Å². The summed E-state index contributed by atoms with van der Waals surface area (Å²) in [5.74, 6) is 0. The van der Waals surface area contributed by atoms with Crippen molar-refractivity contribution < 1.29 is 0 Å². The lowest BCUT2D eigenvalue weighted by Crippen LogP contribution is -2.26. The molecule has 0 fully saturated rings. The van der Waals surface area contributed by atoms with Crippen molar-refractivity contribution in [1.82, 2.24) is 0 Å². The number of nitrogens with zero attached hydrogens (tertiary/aromatic N) is 2. The van der Waals surface area contributed by atoms with Gasteiger partial charge in [0.05, 0.1) is 0 Å². The van der Waals surface area contributed by atoms with Crippen LogP contribution in [0.1, 0.15) is 23.2 Å². The standard InChI is InChI=1S/C16H20B2N4/c1-21(17)13-7-3-11(4-8-13)15(19)16(20)12-5-9-14(10-6-12)22(2)18/h3-10,15-16H,19-20H2,1-2H3. The minimum Gasteiger partial charge on any atom is -0.427 e. The van der Waals surface area contributed by atoms with E-state index in [1.54, 1.807) is 23.7 Å². The van der Waals surface area contributed by atoms with Gasteiger partial charge in [-0.1, -0.05) is 24.3 Å². The smallest absolute Gasteiger partial charge is 0.226 e. The van der Waals surface area contributed by atoms with Crippen LogP contribution >= 0.6 is 0 Å². The first kappa shape index (κ1) is 16.5. The maximum absolute atomic E-state index is 6.29. The predicted octanol–water partition coefficient (Wildman–Crippen LogP) is 1.43. The minimum absolute atomic E-state index is 0.293. The third-order valence-corrected chi connectivity index (χ3v) is 3.76. The normalized spacial score (nSPS) is 13.5. The van der Waals surface area contributed by atoms with Crippen LogP contribution in [0.2, 0.25) is 0 Å². The van der Waals surface area contributed by atoms with Crippen LogP contribution < -0.4 is 21.1 Å². The van der Waals surface area contributed by atoms with Crippen LogP contribution in [0.3, 0.4) is 0 Å². The molecule has 110 valence electrons. The third kappa shape index (κ3) is 3.64. The first-order valence-electron chi connectivity index (χ1n) is 7.08. The molecule has 2 rings (SSSR count). The molecule has 0 bridgehead atoms. The van der Waals surface area contributed by atoms with Crippen LogP contribution in [-0.2, 0) is 0 Å². The summed E-state index contributed by atoms with van der Waals surface area (Å²) in [5, 5.41) is 0. The first-order chi connectivity index (χ1) is 10.4. The Morgan fingerprint density at radius 2 is 0.955 bits per heavy atom. The Balaban J connectivity index is 2.15. The van der Waals surface area contributed by atoms with Crippen molar-refractivity contribution in [2.24, 2.45) is 11.5 Å². The van der Waals surface area contributed by atoms with E-state index < -0.39 is 0 Å². The van der Waals surface area contributed by atoms with Crippen molar-refractivity contribution in [3.63, 3.8) is 0 Å². The van der Waals surface area contributed by atoms with Gasteiger partial charge in [-0.05, 0) is 49.5 Å². The first-order valence-corrected chi connectivity index (χ1v) is 7.08. The quantitative estimate of drug-likeness (QED) is 0.818. The van der Waals surface area contributed by atoms with E-state index in [2.05, 4.69) is 0 Å². The maximum atomic E-state index is 6.29. The highest BCUT2D eigenvalue weighted by molar-refractivity contribution is 6.17. The van der Waals surface area contributed by atoms with Crippen LogP contribution in [0.4, 0.5) is 11.4 Å². The van der Waals surface area contributed by atoms with E-state index in [1.807, 2.05) is 48.5 Å². The van der Waals surface area contributed by atoms with E-state index in [1.165, 1.54) is 0 Å². The molecular formula is C16H20B2N4. The third-order valence-electron chi connectivity index (χ3n) is 3.76. The van der Waals surface area contributed by atoms with E-state index in [4.69, 9.17) is 27.4 Å². The lowest BCUT2D eigenvalue weighted by Gasteiger charge is -2.22. The van der Waals surface area contributed by atoms with E-state index in [0.29, 0.717) is 0 Å². The molecule has 4 nitrogen and oxygen atoms in total. The Bertz CT molecular complexity index is 541. The Labute approximate surface area is 134 Å². The predicted molar refractivity (Wildman–Crippen MR) is 95.1 cm³/mol. The van der Waals surface area contributed by atoms with Crippen LogP contribution in [0, 0.1) is 0 Å². The molecule has 0 heterocycles. The molecule has 0 saturated carbocycles. The lowest BCUT2D eigenvalue weighted by molar-refractivity contribution is 0.574. The zero-order chi connectivity index (χ0) is 16.3. The average Bonchev–Trinajstić information content (AvgIpc) is 2.53. The summed E-state index contributed by atoms with van der Waals surface area (Å²) >= 11 is 0. The average molecular weight is 290 g/mol. The van der Waals surface area contributed by atoms with E-state index in [-0.39, 0.29) is 12.1 Å². The van der Waals surface area contributed by atoms with E-state index in [9.17, 15) is 0 Å². The van der Waals surface area contributed by atoms with Gasteiger partial charge in [0.25, 0.3) is 0 Å². The van der Waals surface area contributed by atoms with Crippen LogP contribution in [0.15, 0.2) is 48.5 Å². The number of rotatable bonds is 5. The Morgan fingerprint density at radius 3 is 1.18 bits per heavy atom. The number of hydrogen-bond acceptors (Lipinski definition) is 4. The maximum Gasteiger partial charge on any atom is 0.226 e. The fourth-order valence-electron chi connectivity index (χ4n) is 2.28. The highest BCUT2D eigenvalue weighted by Crippen LogP contribution is 2.27. The number of benzene rings is 2.